The van der Waals surface area contributed by atoms with Crippen LogP contribution in [0.25, 0.3) is 0 Å². The molecule has 2 aliphatic heterocycles. The maximum absolute atomic E-state index is 12.3. The summed E-state index contributed by atoms with van der Waals surface area (Å²) in [6.45, 7) is 4.56. The number of carbonyl (C=O) groups is 1. The van der Waals surface area contributed by atoms with E-state index in [0.29, 0.717) is 25.2 Å². The van der Waals surface area contributed by atoms with Crippen molar-refractivity contribution in [2.45, 2.75) is 50.6 Å². The Hall–Kier alpha value is -0.810. The second kappa shape index (κ2) is 6.97. The normalized spacial score (nSPS) is 29.2. The molecular weight excluding hydrogens is 266 g/mol. The van der Waals surface area contributed by atoms with Crippen LogP contribution in [0.4, 0.5) is 4.79 Å². The summed E-state index contributed by atoms with van der Waals surface area (Å²) in [5, 5.41) is 3.23. The van der Waals surface area contributed by atoms with E-state index in [0.717, 1.165) is 25.5 Å². The Balaban J connectivity index is 1.36. The number of rotatable bonds is 6. The minimum atomic E-state index is 0.0578. The Morgan fingerprint density at radius 2 is 2.10 bits per heavy atom. The van der Waals surface area contributed by atoms with Crippen LogP contribution in [0.3, 0.4) is 0 Å². The van der Waals surface area contributed by atoms with Gasteiger partial charge in [-0.15, -0.1) is 0 Å². The molecule has 1 N–H and O–H groups in total. The summed E-state index contributed by atoms with van der Waals surface area (Å²) in [4.78, 5) is 16.6. The highest BCUT2D eigenvalue weighted by molar-refractivity contribution is 5.74. The van der Waals surface area contributed by atoms with Crippen molar-refractivity contribution in [3.63, 3.8) is 0 Å². The second-order valence-corrected chi connectivity index (χ2v) is 6.88. The highest BCUT2D eigenvalue weighted by Gasteiger charge is 2.36. The zero-order valence-corrected chi connectivity index (χ0v) is 13.2. The monoisotopic (exact) mass is 295 g/mol. The van der Waals surface area contributed by atoms with Crippen LogP contribution >= 0.6 is 0 Å². The minimum absolute atomic E-state index is 0.0578. The Morgan fingerprint density at radius 3 is 2.90 bits per heavy atom. The molecule has 2 saturated heterocycles. The summed E-state index contributed by atoms with van der Waals surface area (Å²) in [5.41, 5.74) is 0. The summed E-state index contributed by atoms with van der Waals surface area (Å²) < 4.78 is 5.60. The van der Waals surface area contributed by atoms with Crippen molar-refractivity contribution in [3.8, 4) is 0 Å². The number of ether oxygens (including phenoxy) is 1. The third kappa shape index (κ3) is 4.10. The molecule has 5 nitrogen and oxygen atoms in total. The smallest absolute Gasteiger partial charge is 0.317 e. The molecule has 0 spiro atoms. The molecule has 2 heterocycles. The van der Waals surface area contributed by atoms with Crippen molar-refractivity contribution < 1.29 is 9.53 Å². The molecule has 3 fully saturated rings. The van der Waals surface area contributed by atoms with Crippen molar-refractivity contribution in [1.82, 2.24) is 15.1 Å². The summed E-state index contributed by atoms with van der Waals surface area (Å²) >= 11 is 0. The van der Waals surface area contributed by atoms with Crippen LogP contribution in [-0.4, -0.2) is 67.8 Å². The van der Waals surface area contributed by atoms with Crippen LogP contribution in [-0.2, 0) is 4.74 Å². The first-order valence-electron chi connectivity index (χ1n) is 8.57. The van der Waals surface area contributed by atoms with Crippen LogP contribution < -0.4 is 5.32 Å². The van der Waals surface area contributed by atoms with Gasteiger partial charge in [0.05, 0.1) is 6.61 Å². The lowest BCUT2D eigenvalue weighted by atomic mass is 9.99. The van der Waals surface area contributed by atoms with E-state index in [4.69, 9.17) is 4.74 Å². The summed E-state index contributed by atoms with van der Waals surface area (Å²) in [5.74, 6) is 0.792. The molecule has 2 atom stereocenters. The fraction of sp³-hybridized carbons (Fsp3) is 0.938. The van der Waals surface area contributed by atoms with Crippen molar-refractivity contribution in [1.29, 1.82) is 0 Å². The molecule has 0 bridgehead atoms. The Labute approximate surface area is 128 Å². The first-order chi connectivity index (χ1) is 10.2. The number of fused-ring (bicyclic) bond motifs is 1. The van der Waals surface area contributed by atoms with Crippen LogP contribution in [0, 0.1) is 5.92 Å². The lowest BCUT2D eigenvalue weighted by molar-refractivity contribution is 0.106. The fourth-order valence-electron chi connectivity index (χ4n) is 3.52. The number of nitrogens with one attached hydrogen (secondary N) is 1. The number of nitrogens with zero attached hydrogens (tertiary/aromatic N) is 2. The van der Waals surface area contributed by atoms with Gasteiger partial charge in [0, 0.05) is 38.8 Å². The molecule has 1 aliphatic carbocycles. The number of urea groups is 1. The van der Waals surface area contributed by atoms with Crippen molar-refractivity contribution in [2.75, 3.05) is 39.9 Å². The number of likely N-dealkylation sites (N-methyl/N-ethyl adjacent to an activating group) is 1. The lowest BCUT2D eigenvalue weighted by Crippen LogP contribution is -2.50. The second-order valence-electron chi connectivity index (χ2n) is 6.88. The van der Waals surface area contributed by atoms with Gasteiger partial charge >= 0.3 is 6.03 Å². The van der Waals surface area contributed by atoms with Gasteiger partial charge in [-0.3, -0.25) is 4.90 Å². The van der Waals surface area contributed by atoms with Gasteiger partial charge in [-0.2, -0.15) is 0 Å². The summed E-state index contributed by atoms with van der Waals surface area (Å²) in [6.07, 6.45) is 7.58. The van der Waals surface area contributed by atoms with Crippen molar-refractivity contribution in [2.24, 2.45) is 5.92 Å². The van der Waals surface area contributed by atoms with Crippen LogP contribution in [0.1, 0.15) is 38.5 Å². The highest BCUT2D eigenvalue weighted by Crippen LogP contribution is 2.29. The Kier molecular flexibility index (Phi) is 5.01. The van der Waals surface area contributed by atoms with E-state index in [-0.39, 0.29) is 6.03 Å². The number of piperidine rings is 1. The molecule has 21 heavy (non-hydrogen) atoms. The zero-order valence-electron chi connectivity index (χ0n) is 13.2. The van der Waals surface area contributed by atoms with Gasteiger partial charge in [-0.25, -0.2) is 4.79 Å². The number of hydrogen-bond donors (Lipinski definition) is 1. The molecule has 3 aliphatic rings. The van der Waals surface area contributed by atoms with Crippen LogP contribution in [0.2, 0.25) is 0 Å². The molecule has 0 aromatic carbocycles. The molecular formula is C16H29N3O2. The maximum atomic E-state index is 12.3. The number of amides is 2. The van der Waals surface area contributed by atoms with Gasteiger partial charge in [-0.1, -0.05) is 6.42 Å². The highest BCUT2D eigenvalue weighted by atomic mass is 16.5. The molecule has 0 aromatic rings. The maximum Gasteiger partial charge on any atom is 0.317 e. The van der Waals surface area contributed by atoms with Gasteiger partial charge in [-0.05, 0) is 44.6 Å². The Bertz CT molecular complexity index is 359. The zero-order chi connectivity index (χ0) is 14.7. The van der Waals surface area contributed by atoms with Gasteiger partial charge in [0.1, 0.15) is 0 Å². The van der Waals surface area contributed by atoms with E-state index < -0.39 is 0 Å². The lowest BCUT2D eigenvalue weighted by Gasteiger charge is -2.33. The molecule has 2 amide bonds. The van der Waals surface area contributed by atoms with E-state index in [1.54, 1.807) is 4.90 Å². The van der Waals surface area contributed by atoms with Crippen LogP contribution in [0.5, 0.6) is 0 Å². The van der Waals surface area contributed by atoms with Gasteiger partial charge in [0.2, 0.25) is 0 Å². The predicted molar refractivity (Wildman–Crippen MR) is 82.3 cm³/mol. The SMILES string of the molecule is CN(CCOCC1CC1)C(=O)N[C@H]1CCN2CCCC[C@H]12. The standard InChI is InChI=1S/C16H29N3O2/c1-18(10-11-21-12-13-5-6-13)16(20)17-14-7-9-19-8-3-2-4-15(14)19/h13-15H,2-12H2,1H3,(H,17,20)/t14-,15+/m0/s1. The molecule has 0 radical (unpaired) electrons. The Morgan fingerprint density at radius 1 is 1.24 bits per heavy atom. The molecule has 0 unspecified atom stereocenters. The molecule has 120 valence electrons. The molecule has 0 aromatic heterocycles. The van der Waals surface area contributed by atoms with E-state index >= 15 is 0 Å². The van der Waals surface area contributed by atoms with Gasteiger partial charge < -0.3 is 15.0 Å². The van der Waals surface area contributed by atoms with Crippen LogP contribution in [0.15, 0.2) is 0 Å². The molecule has 1 saturated carbocycles. The average Bonchev–Trinajstić information content (AvgIpc) is 3.24. The van der Waals surface area contributed by atoms with Crippen molar-refractivity contribution >= 4 is 6.03 Å². The number of carbonyl (C=O) groups excluding carboxylic acids is 1. The topological polar surface area (TPSA) is 44.8 Å². The molecule has 5 heteroatoms. The largest absolute Gasteiger partial charge is 0.379 e. The summed E-state index contributed by atoms with van der Waals surface area (Å²) in [6, 6.07) is 0.970. The third-order valence-corrected chi connectivity index (χ3v) is 5.13. The van der Waals surface area contributed by atoms with E-state index in [2.05, 4.69) is 10.2 Å². The van der Waals surface area contributed by atoms with Gasteiger partial charge in [0.25, 0.3) is 0 Å². The van der Waals surface area contributed by atoms with Gasteiger partial charge in [0.15, 0.2) is 0 Å². The number of hydrogen-bond acceptors (Lipinski definition) is 3. The first kappa shape index (κ1) is 15.1. The fourth-order valence-corrected chi connectivity index (χ4v) is 3.52. The van der Waals surface area contributed by atoms with Crippen molar-refractivity contribution in [3.05, 3.63) is 0 Å². The van der Waals surface area contributed by atoms with E-state index in [1.807, 2.05) is 7.05 Å². The third-order valence-electron chi connectivity index (χ3n) is 5.13. The first-order valence-corrected chi connectivity index (χ1v) is 8.57. The molecule has 3 rings (SSSR count). The summed E-state index contributed by atoms with van der Waals surface area (Å²) in [7, 11) is 1.86. The average molecular weight is 295 g/mol. The van der Waals surface area contributed by atoms with E-state index in [1.165, 1.54) is 38.6 Å². The van der Waals surface area contributed by atoms with E-state index in [9.17, 15) is 4.79 Å². The minimum Gasteiger partial charge on any atom is -0.379 e. The predicted octanol–water partition coefficient (Wildman–Crippen LogP) is 1.68. The quantitative estimate of drug-likeness (QED) is 0.758.